The largest absolute Gasteiger partial charge is 0.508 e. The highest BCUT2D eigenvalue weighted by Crippen LogP contribution is 2.18. The molecule has 0 amide bonds. The summed E-state index contributed by atoms with van der Waals surface area (Å²) in [6.45, 7) is 0. The topological polar surface area (TPSA) is 46.5 Å². The lowest BCUT2D eigenvalue weighted by Crippen LogP contribution is -1.72. The van der Waals surface area contributed by atoms with E-state index in [2.05, 4.69) is 4.52 Å². The predicted octanol–water partition coefficient (Wildman–Crippen LogP) is 1.98. The van der Waals surface area contributed by atoms with E-state index in [-0.39, 0.29) is 14.4 Å². The number of rotatable bonds is 2. The third-order valence-electron chi connectivity index (χ3n) is 0.979. The Morgan fingerprint density at radius 1 is 1.30 bits per heavy atom. The highest BCUT2D eigenvalue weighted by molar-refractivity contribution is 7.17. The normalized spacial score (nSPS) is 9.60. The van der Waals surface area contributed by atoms with Crippen LogP contribution in [0.5, 0.6) is 11.5 Å². The standard InChI is InChI=1S/C6H5O3P/c7-5-1-3-6(4-2-5)9-10-8/h1-4,7H. The zero-order valence-corrected chi connectivity index (χ0v) is 5.91. The van der Waals surface area contributed by atoms with E-state index in [1.165, 1.54) is 24.3 Å². The van der Waals surface area contributed by atoms with Crippen LogP contribution in [0.1, 0.15) is 0 Å². The molecule has 1 N–H and O–H groups in total. The lowest BCUT2D eigenvalue weighted by Gasteiger charge is -1.93. The Morgan fingerprint density at radius 3 is 2.40 bits per heavy atom. The van der Waals surface area contributed by atoms with Crippen LogP contribution < -0.4 is 4.52 Å². The molecule has 0 unspecified atom stereocenters. The van der Waals surface area contributed by atoms with Crippen LogP contribution in [0.25, 0.3) is 0 Å². The average molecular weight is 156 g/mol. The van der Waals surface area contributed by atoms with Gasteiger partial charge in [0.2, 0.25) is 0 Å². The van der Waals surface area contributed by atoms with Gasteiger partial charge >= 0.3 is 8.69 Å². The van der Waals surface area contributed by atoms with Crippen molar-refractivity contribution in [3.8, 4) is 11.5 Å². The molecule has 1 rings (SSSR count). The van der Waals surface area contributed by atoms with Crippen LogP contribution in [0.4, 0.5) is 0 Å². The minimum atomic E-state index is -0.385. The van der Waals surface area contributed by atoms with Crippen molar-refractivity contribution in [2.24, 2.45) is 0 Å². The highest BCUT2D eigenvalue weighted by Gasteiger charge is 1.90. The quantitative estimate of drug-likeness (QED) is 0.666. The SMILES string of the molecule is O=POc1ccc(O)cc1. The molecule has 0 spiro atoms. The van der Waals surface area contributed by atoms with Gasteiger partial charge in [-0.1, -0.05) is 0 Å². The predicted molar refractivity (Wildman–Crippen MR) is 36.3 cm³/mol. The van der Waals surface area contributed by atoms with Crippen molar-refractivity contribution >= 4 is 8.69 Å². The van der Waals surface area contributed by atoms with Crippen molar-refractivity contribution in [3.63, 3.8) is 0 Å². The Bertz CT molecular complexity index is 219. The fourth-order valence-electron chi connectivity index (χ4n) is 0.550. The summed E-state index contributed by atoms with van der Waals surface area (Å²) in [4.78, 5) is 0. The van der Waals surface area contributed by atoms with Crippen molar-refractivity contribution in [3.05, 3.63) is 24.3 Å². The number of aromatic hydroxyl groups is 1. The number of hydrogen-bond donors (Lipinski definition) is 1. The maximum atomic E-state index is 9.87. The summed E-state index contributed by atoms with van der Waals surface area (Å²) in [7, 11) is -0.385. The maximum Gasteiger partial charge on any atom is 0.395 e. The van der Waals surface area contributed by atoms with E-state index in [1.807, 2.05) is 0 Å². The third-order valence-corrected chi connectivity index (χ3v) is 1.26. The number of phenolic OH excluding ortho intramolecular Hbond substituents is 1. The molecule has 52 valence electrons. The van der Waals surface area contributed by atoms with Gasteiger partial charge in [0.05, 0.1) is 0 Å². The van der Waals surface area contributed by atoms with Gasteiger partial charge in [-0.25, -0.2) is 4.57 Å². The Kier molecular flexibility index (Phi) is 2.24. The van der Waals surface area contributed by atoms with Crippen LogP contribution in [-0.4, -0.2) is 5.11 Å². The van der Waals surface area contributed by atoms with Crippen molar-refractivity contribution in [2.45, 2.75) is 0 Å². The molecule has 1 aromatic carbocycles. The molecular formula is C6H5O3P. The number of hydrogen-bond acceptors (Lipinski definition) is 3. The van der Waals surface area contributed by atoms with Gasteiger partial charge in [0.25, 0.3) is 0 Å². The monoisotopic (exact) mass is 156 g/mol. The Labute approximate surface area is 59.5 Å². The van der Waals surface area contributed by atoms with Crippen LogP contribution in [0, 0.1) is 0 Å². The van der Waals surface area contributed by atoms with Crippen LogP contribution in [-0.2, 0) is 4.57 Å². The summed E-state index contributed by atoms with van der Waals surface area (Å²) < 4.78 is 14.4. The van der Waals surface area contributed by atoms with E-state index in [9.17, 15) is 4.57 Å². The fraction of sp³-hybridized carbons (Fsp3) is 0. The molecule has 0 aliphatic heterocycles. The molecule has 0 aromatic heterocycles. The van der Waals surface area contributed by atoms with Crippen molar-refractivity contribution in [2.75, 3.05) is 0 Å². The molecule has 0 aliphatic carbocycles. The molecule has 0 bridgehead atoms. The zero-order chi connectivity index (χ0) is 7.40. The van der Waals surface area contributed by atoms with E-state index < -0.39 is 0 Å². The van der Waals surface area contributed by atoms with E-state index in [1.54, 1.807) is 0 Å². The van der Waals surface area contributed by atoms with Gasteiger partial charge in [-0.15, -0.1) is 0 Å². The first kappa shape index (κ1) is 7.03. The summed E-state index contributed by atoms with van der Waals surface area (Å²) in [5, 5.41) is 8.79. The molecule has 0 saturated heterocycles. The second kappa shape index (κ2) is 3.18. The van der Waals surface area contributed by atoms with E-state index in [4.69, 9.17) is 5.11 Å². The Hall–Kier alpha value is -1.08. The van der Waals surface area contributed by atoms with E-state index in [0.717, 1.165) is 0 Å². The van der Waals surface area contributed by atoms with Crippen LogP contribution in [0.2, 0.25) is 0 Å². The minimum absolute atomic E-state index is 0.162. The minimum Gasteiger partial charge on any atom is -0.508 e. The van der Waals surface area contributed by atoms with Crippen molar-refractivity contribution in [1.29, 1.82) is 0 Å². The lowest BCUT2D eigenvalue weighted by molar-refractivity contribution is 0.473. The highest BCUT2D eigenvalue weighted by atomic mass is 31.1. The third kappa shape index (κ3) is 1.71. The van der Waals surface area contributed by atoms with Crippen molar-refractivity contribution < 1.29 is 14.2 Å². The first-order valence-electron chi connectivity index (χ1n) is 2.61. The lowest BCUT2D eigenvalue weighted by atomic mass is 10.3. The molecule has 0 heterocycles. The van der Waals surface area contributed by atoms with Crippen LogP contribution >= 0.6 is 8.69 Å². The summed E-state index contributed by atoms with van der Waals surface area (Å²) in [6.07, 6.45) is 0. The number of phenols is 1. The number of benzene rings is 1. The van der Waals surface area contributed by atoms with Gasteiger partial charge < -0.3 is 9.63 Å². The van der Waals surface area contributed by atoms with Gasteiger partial charge in [-0.2, -0.15) is 0 Å². The summed E-state index contributed by atoms with van der Waals surface area (Å²) in [6, 6.07) is 5.97. The smallest absolute Gasteiger partial charge is 0.395 e. The molecule has 0 aliphatic rings. The van der Waals surface area contributed by atoms with E-state index >= 15 is 0 Å². The van der Waals surface area contributed by atoms with Crippen molar-refractivity contribution in [1.82, 2.24) is 0 Å². The summed E-state index contributed by atoms with van der Waals surface area (Å²) >= 11 is 0. The van der Waals surface area contributed by atoms with Gasteiger partial charge in [-0.05, 0) is 24.3 Å². The van der Waals surface area contributed by atoms with Gasteiger partial charge in [0.1, 0.15) is 11.5 Å². The molecule has 4 heteroatoms. The molecule has 10 heavy (non-hydrogen) atoms. The Balaban J connectivity index is 2.78. The molecule has 1 aromatic rings. The molecule has 0 radical (unpaired) electrons. The molecular weight excluding hydrogens is 151 g/mol. The zero-order valence-electron chi connectivity index (χ0n) is 5.02. The van der Waals surface area contributed by atoms with E-state index in [0.29, 0.717) is 5.75 Å². The molecule has 3 nitrogen and oxygen atoms in total. The molecule has 0 atom stereocenters. The second-order valence-electron chi connectivity index (χ2n) is 1.66. The average Bonchev–Trinajstić information content (AvgIpc) is 1.95. The van der Waals surface area contributed by atoms with Gasteiger partial charge in [0, 0.05) is 0 Å². The Morgan fingerprint density at radius 2 is 1.90 bits per heavy atom. The molecule has 0 fully saturated rings. The maximum absolute atomic E-state index is 9.87. The summed E-state index contributed by atoms with van der Waals surface area (Å²) in [5.41, 5.74) is 0. The first-order chi connectivity index (χ1) is 4.83. The van der Waals surface area contributed by atoms with Gasteiger partial charge in [0.15, 0.2) is 0 Å². The fourth-order valence-corrected chi connectivity index (χ4v) is 0.758. The molecule has 0 saturated carbocycles. The second-order valence-corrected chi connectivity index (χ2v) is 1.99. The summed E-state index contributed by atoms with van der Waals surface area (Å²) in [5.74, 6) is 0.629. The van der Waals surface area contributed by atoms with Crippen LogP contribution in [0.3, 0.4) is 0 Å². The van der Waals surface area contributed by atoms with Gasteiger partial charge in [-0.3, -0.25) is 0 Å². The van der Waals surface area contributed by atoms with Crippen LogP contribution in [0.15, 0.2) is 24.3 Å². The first-order valence-corrected chi connectivity index (χ1v) is 3.34.